The number of carbonyl (C=O) groups is 2. The molecule has 1 saturated carbocycles. The Bertz CT molecular complexity index is 1430. The SMILES string of the molecule is O=C(CCC1NC(=S)N(c2ccccc2)C1=O)N[C@H]1CC[C@@H](Nc2cc(C(F)(F)F)nc3ccc(Cl)cc23)CC1. The zero-order valence-corrected chi connectivity index (χ0v) is 22.9. The maximum Gasteiger partial charge on any atom is 0.433 e. The van der Waals surface area contributed by atoms with E-state index in [4.69, 9.17) is 23.8 Å². The van der Waals surface area contributed by atoms with Crippen LogP contribution in [-0.2, 0) is 15.8 Å². The number of alkyl halides is 3. The summed E-state index contributed by atoms with van der Waals surface area (Å²) in [5.74, 6) is -0.339. The number of hydrogen-bond donors (Lipinski definition) is 3. The molecule has 1 atom stereocenters. The zero-order valence-electron chi connectivity index (χ0n) is 21.3. The van der Waals surface area contributed by atoms with Crippen molar-refractivity contribution in [1.82, 2.24) is 15.6 Å². The molecule has 3 N–H and O–H groups in total. The smallest absolute Gasteiger partial charge is 0.382 e. The lowest BCUT2D eigenvalue weighted by atomic mass is 9.90. The number of benzene rings is 2. The van der Waals surface area contributed by atoms with Gasteiger partial charge in [0.05, 0.1) is 11.2 Å². The van der Waals surface area contributed by atoms with E-state index in [9.17, 15) is 22.8 Å². The monoisotopic (exact) mass is 589 g/mol. The van der Waals surface area contributed by atoms with Crippen molar-refractivity contribution in [1.29, 1.82) is 0 Å². The van der Waals surface area contributed by atoms with Gasteiger partial charge in [-0.25, -0.2) is 4.98 Å². The van der Waals surface area contributed by atoms with E-state index in [0.717, 1.165) is 6.07 Å². The lowest BCUT2D eigenvalue weighted by molar-refractivity contribution is -0.141. The lowest BCUT2D eigenvalue weighted by Crippen LogP contribution is -2.41. The molecular weight excluding hydrogens is 563 g/mol. The van der Waals surface area contributed by atoms with Crippen LogP contribution in [0.25, 0.3) is 10.9 Å². The number of pyridine rings is 1. The molecule has 2 heterocycles. The van der Waals surface area contributed by atoms with Gasteiger partial charge in [0.25, 0.3) is 5.91 Å². The second-order valence-corrected chi connectivity index (χ2v) is 10.8. The maximum absolute atomic E-state index is 13.4. The van der Waals surface area contributed by atoms with Gasteiger partial charge in [0, 0.05) is 34.6 Å². The molecule has 0 spiro atoms. The van der Waals surface area contributed by atoms with Crippen molar-refractivity contribution >= 4 is 63.0 Å². The van der Waals surface area contributed by atoms with Gasteiger partial charge in [-0.2, -0.15) is 13.2 Å². The van der Waals surface area contributed by atoms with Crippen LogP contribution in [0.15, 0.2) is 54.6 Å². The summed E-state index contributed by atoms with van der Waals surface area (Å²) in [4.78, 5) is 30.7. The summed E-state index contributed by atoms with van der Waals surface area (Å²) in [5, 5.41) is 10.5. The van der Waals surface area contributed by atoms with Crippen molar-refractivity contribution in [2.75, 3.05) is 10.2 Å². The highest BCUT2D eigenvalue weighted by Gasteiger charge is 2.37. The summed E-state index contributed by atoms with van der Waals surface area (Å²) in [7, 11) is 0. The fourth-order valence-corrected chi connectivity index (χ4v) is 5.70. The van der Waals surface area contributed by atoms with E-state index in [2.05, 4.69) is 20.9 Å². The van der Waals surface area contributed by atoms with Gasteiger partial charge in [-0.1, -0.05) is 29.8 Å². The molecule has 210 valence electrons. The number of rotatable bonds is 7. The third-order valence-electron chi connectivity index (χ3n) is 7.21. The standard InChI is InChI=1S/C28H27ClF3N5O2S/c29-16-6-11-21-20(14-16)23(15-24(35-21)28(30,31)32)33-17-7-9-18(10-8-17)34-25(38)13-12-22-26(39)37(27(40)36-22)19-4-2-1-3-5-19/h1-6,11,14-15,17-18,22H,7-10,12-13H2,(H,33,35)(H,34,38)(H,36,40)/t17-,18+,22?. The summed E-state index contributed by atoms with van der Waals surface area (Å²) in [5.41, 5.74) is 0.266. The van der Waals surface area contributed by atoms with E-state index in [1.807, 2.05) is 18.2 Å². The van der Waals surface area contributed by atoms with E-state index in [0.29, 0.717) is 59.0 Å². The Morgan fingerprint density at radius 1 is 1.07 bits per heavy atom. The van der Waals surface area contributed by atoms with E-state index in [-0.39, 0.29) is 35.8 Å². The average Bonchev–Trinajstić information content (AvgIpc) is 3.21. The number of thiocarbonyl (C=S) groups is 1. The van der Waals surface area contributed by atoms with Crippen LogP contribution in [0.4, 0.5) is 24.5 Å². The van der Waals surface area contributed by atoms with Gasteiger partial charge in [-0.3, -0.25) is 14.5 Å². The van der Waals surface area contributed by atoms with E-state index < -0.39 is 17.9 Å². The van der Waals surface area contributed by atoms with Crippen LogP contribution < -0.4 is 20.9 Å². The third kappa shape index (κ3) is 6.31. The molecule has 7 nitrogen and oxygen atoms in total. The number of hydrogen-bond acceptors (Lipinski definition) is 5. The quantitative estimate of drug-likeness (QED) is 0.301. The first-order chi connectivity index (χ1) is 19.1. The minimum atomic E-state index is -4.57. The molecule has 5 rings (SSSR count). The Morgan fingerprint density at radius 2 is 1.77 bits per heavy atom. The average molecular weight is 590 g/mol. The maximum atomic E-state index is 13.4. The first-order valence-corrected chi connectivity index (χ1v) is 13.8. The Morgan fingerprint density at radius 3 is 2.48 bits per heavy atom. The molecule has 40 heavy (non-hydrogen) atoms. The van der Waals surface area contributed by atoms with Crippen LogP contribution in [0.2, 0.25) is 5.02 Å². The van der Waals surface area contributed by atoms with Crippen molar-refractivity contribution < 1.29 is 22.8 Å². The summed E-state index contributed by atoms with van der Waals surface area (Å²) in [6, 6.07) is 14.0. The van der Waals surface area contributed by atoms with E-state index in [1.165, 1.54) is 17.0 Å². The summed E-state index contributed by atoms with van der Waals surface area (Å²) < 4.78 is 40.3. The summed E-state index contributed by atoms with van der Waals surface area (Å²) >= 11 is 11.4. The minimum Gasteiger partial charge on any atom is -0.382 e. The molecule has 2 amide bonds. The van der Waals surface area contributed by atoms with Crippen molar-refractivity contribution in [3.05, 3.63) is 65.3 Å². The topological polar surface area (TPSA) is 86.4 Å². The van der Waals surface area contributed by atoms with Gasteiger partial charge in [-0.15, -0.1) is 0 Å². The molecule has 2 aliphatic rings. The van der Waals surface area contributed by atoms with Crippen molar-refractivity contribution in [2.24, 2.45) is 0 Å². The van der Waals surface area contributed by atoms with Gasteiger partial charge in [0.2, 0.25) is 5.91 Å². The van der Waals surface area contributed by atoms with Crippen LogP contribution in [0.5, 0.6) is 0 Å². The normalized spacial score (nSPS) is 21.4. The molecule has 2 fully saturated rings. The fraction of sp³-hybridized carbons (Fsp3) is 0.357. The van der Waals surface area contributed by atoms with Crippen LogP contribution in [0, 0.1) is 0 Å². The Hall–Kier alpha value is -3.44. The first kappa shape index (κ1) is 28.1. The van der Waals surface area contributed by atoms with Gasteiger partial charge >= 0.3 is 6.18 Å². The van der Waals surface area contributed by atoms with Crippen molar-refractivity contribution in [2.45, 2.75) is 62.8 Å². The molecular formula is C28H27ClF3N5O2S. The number of para-hydroxylation sites is 1. The predicted octanol–water partition coefficient (Wildman–Crippen LogP) is 5.82. The van der Waals surface area contributed by atoms with Crippen LogP contribution >= 0.6 is 23.8 Å². The second kappa shape index (κ2) is 11.6. The number of anilines is 2. The molecule has 1 unspecified atom stereocenters. The molecule has 1 aliphatic heterocycles. The van der Waals surface area contributed by atoms with Crippen molar-refractivity contribution in [3.8, 4) is 0 Å². The second-order valence-electron chi connectivity index (χ2n) is 10.0. The van der Waals surface area contributed by atoms with Crippen LogP contribution in [0.3, 0.4) is 0 Å². The molecule has 1 aromatic heterocycles. The molecule has 1 aliphatic carbocycles. The van der Waals surface area contributed by atoms with Crippen molar-refractivity contribution in [3.63, 3.8) is 0 Å². The number of halogens is 4. The van der Waals surface area contributed by atoms with Gasteiger partial charge in [0.1, 0.15) is 11.7 Å². The number of nitrogens with zero attached hydrogens (tertiary/aromatic N) is 2. The number of fused-ring (bicyclic) bond motifs is 1. The summed E-state index contributed by atoms with van der Waals surface area (Å²) in [6.07, 6.45) is -1.42. The molecule has 2 aromatic carbocycles. The fourth-order valence-electron chi connectivity index (χ4n) is 5.19. The predicted molar refractivity (Wildman–Crippen MR) is 152 cm³/mol. The number of amides is 2. The minimum absolute atomic E-state index is 0.0472. The zero-order chi connectivity index (χ0) is 28.4. The molecule has 3 aromatic rings. The molecule has 12 heteroatoms. The van der Waals surface area contributed by atoms with Gasteiger partial charge < -0.3 is 16.0 Å². The van der Waals surface area contributed by atoms with E-state index >= 15 is 0 Å². The van der Waals surface area contributed by atoms with Gasteiger partial charge in [-0.05, 0) is 80.7 Å². The number of carbonyl (C=O) groups excluding carboxylic acids is 2. The van der Waals surface area contributed by atoms with Crippen LogP contribution in [-0.4, -0.2) is 40.0 Å². The summed E-state index contributed by atoms with van der Waals surface area (Å²) in [6.45, 7) is 0. The Labute approximate surface area is 239 Å². The Balaban J connectivity index is 1.13. The first-order valence-electron chi connectivity index (χ1n) is 13.0. The number of nitrogens with one attached hydrogen (secondary N) is 3. The Kier molecular flexibility index (Phi) is 8.14. The molecule has 0 radical (unpaired) electrons. The molecule has 1 saturated heterocycles. The molecule has 0 bridgehead atoms. The van der Waals surface area contributed by atoms with E-state index in [1.54, 1.807) is 18.2 Å². The number of aromatic nitrogens is 1. The highest BCUT2D eigenvalue weighted by Crippen LogP contribution is 2.35. The van der Waals surface area contributed by atoms with Crippen LogP contribution in [0.1, 0.15) is 44.2 Å². The van der Waals surface area contributed by atoms with Gasteiger partial charge in [0.15, 0.2) is 5.11 Å². The highest BCUT2D eigenvalue weighted by molar-refractivity contribution is 7.80. The third-order valence-corrected chi connectivity index (χ3v) is 7.74. The lowest BCUT2D eigenvalue weighted by Gasteiger charge is -2.31. The largest absolute Gasteiger partial charge is 0.433 e. The highest BCUT2D eigenvalue weighted by atomic mass is 35.5.